The average molecular weight is 232 g/mol. The third kappa shape index (κ3) is 3.04. The second-order valence-electron chi connectivity index (χ2n) is 3.58. The molecule has 0 bridgehead atoms. The fraction of sp³-hybridized carbons (Fsp3) is 1.00. The quantitative estimate of drug-likeness (QED) is 0.647. The molecule has 0 N–H and O–H groups in total. The molecule has 1 fully saturated rings. The smallest absolute Gasteiger partial charge is 0.328 e. The fourth-order valence-corrected chi connectivity index (χ4v) is 1.20. The monoisotopic (exact) mass is 232 g/mol. The van der Waals surface area contributed by atoms with Crippen molar-refractivity contribution in [2.24, 2.45) is 0 Å². The molecule has 0 amide bonds. The molecule has 1 saturated heterocycles. The minimum Gasteiger partial charge on any atom is -0.344 e. The minimum atomic E-state index is -3.57. The maximum Gasteiger partial charge on any atom is 0.328 e. The lowest BCUT2D eigenvalue weighted by atomic mass is 10.1. The molecule has 0 aromatic heterocycles. The number of ether oxygens (including phenoxy) is 2. The molecule has 0 aliphatic carbocycles. The summed E-state index contributed by atoms with van der Waals surface area (Å²) in [5.41, 5.74) is 0. The van der Waals surface area contributed by atoms with Crippen LogP contribution in [-0.4, -0.2) is 31.3 Å². The average Bonchev–Trinajstić information content (AvgIpc) is 2.16. The number of hydrogen-bond acceptors (Lipinski definition) is 2. The van der Waals surface area contributed by atoms with Crippen molar-refractivity contribution in [3.05, 3.63) is 0 Å². The van der Waals surface area contributed by atoms with E-state index < -0.39 is 30.6 Å². The number of rotatable bonds is 1. The summed E-state index contributed by atoms with van der Waals surface area (Å²) < 4.78 is 58.2. The molecule has 0 aromatic carbocycles. The maximum atomic E-state index is 13.5. The van der Waals surface area contributed by atoms with Gasteiger partial charge in [-0.1, -0.05) is 6.92 Å². The summed E-state index contributed by atoms with van der Waals surface area (Å²) in [5.74, 6) is -7.77. The molecular formula is C9H16F4O2. The van der Waals surface area contributed by atoms with Gasteiger partial charge in [0.2, 0.25) is 0 Å². The van der Waals surface area contributed by atoms with Gasteiger partial charge in [0.1, 0.15) is 6.61 Å². The fourth-order valence-electron chi connectivity index (χ4n) is 1.20. The highest BCUT2D eigenvalue weighted by molar-refractivity contribution is 4.89. The second kappa shape index (κ2) is 4.65. The first kappa shape index (κ1) is 14.6. The van der Waals surface area contributed by atoms with Crippen LogP contribution < -0.4 is 0 Å². The zero-order chi connectivity index (χ0) is 12.3. The van der Waals surface area contributed by atoms with Gasteiger partial charge in [-0.15, -0.1) is 0 Å². The lowest BCUT2D eigenvalue weighted by Crippen LogP contribution is -2.59. The summed E-state index contributed by atoms with van der Waals surface area (Å²) in [6.07, 6.45) is -0.396. The highest BCUT2D eigenvalue weighted by atomic mass is 19.3. The van der Waals surface area contributed by atoms with Crippen molar-refractivity contribution in [2.75, 3.05) is 13.8 Å². The Kier molecular flexibility index (Phi) is 4.54. The van der Waals surface area contributed by atoms with Gasteiger partial charge < -0.3 is 9.47 Å². The molecule has 92 valence electrons. The first-order valence-corrected chi connectivity index (χ1v) is 4.51. The lowest BCUT2D eigenvalue weighted by Gasteiger charge is -2.44. The van der Waals surface area contributed by atoms with Crippen LogP contribution in [-0.2, 0) is 9.47 Å². The Morgan fingerprint density at radius 3 is 1.93 bits per heavy atom. The summed E-state index contributed by atoms with van der Waals surface area (Å²) in [5, 5.41) is 0. The zero-order valence-electron chi connectivity index (χ0n) is 9.24. The van der Waals surface area contributed by atoms with Gasteiger partial charge in [0, 0.05) is 6.42 Å². The van der Waals surface area contributed by atoms with Crippen molar-refractivity contribution < 1.29 is 27.0 Å². The standard InChI is InChI=1S/C8H13F3O2.CH3F/c1-4-8(11)7(9,10)5-12-6(2,3)13-8;1-2/h4-5H2,1-3H3;1H3. The Hall–Kier alpha value is -0.360. The van der Waals surface area contributed by atoms with Crippen LogP contribution >= 0.6 is 0 Å². The van der Waals surface area contributed by atoms with Crippen LogP contribution in [0.25, 0.3) is 0 Å². The molecule has 1 atom stereocenters. The van der Waals surface area contributed by atoms with E-state index in [1.165, 1.54) is 20.8 Å². The molecule has 0 aromatic rings. The third-order valence-electron chi connectivity index (χ3n) is 2.01. The Morgan fingerprint density at radius 1 is 1.13 bits per heavy atom. The molecule has 1 heterocycles. The minimum absolute atomic E-state index is 0.396. The highest BCUT2D eigenvalue weighted by Crippen LogP contribution is 2.44. The third-order valence-corrected chi connectivity index (χ3v) is 2.01. The molecule has 1 unspecified atom stereocenters. The first-order chi connectivity index (χ1) is 6.72. The van der Waals surface area contributed by atoms with Gasteiger partial charge >= 0.3 is 5.92 Å². The molecule has 1 rings (SSSR count). The molecule has 15 heavy (non-hydrogen) atoms. The van der Waals surface area contributed by atoms with E-state index in [1.807, 2.05) is 0 Å². The summed E-state index contributed by atoms with van der Waals surface area (Å²) in [7, 11) is 0.500. The molecule has 1 aliphatic heterocycles. The van der Waals surface area contributed by atoms with Crippen LogP contribution in [0.3, 0.4) is 0 Å². The largest absolute Gasteiger partial charge is 0.344 e. The van der Waals surface area contributed by atoms with Crippen LogP contribution in [0.1, 0.15) is 27.2 Å². The van der Waals surface area contributed by atoms with E-state index in [9.17, 15) is 17.6 Å². The van der Waals surface area contributed by atoms with E-state index in [2.05, 4.69) is 9.47 Å². The molecule has 0 radical (unpaired) electrons. The van der Waals surface area contributed by atoms with Crippen LogP contribution in [0.4, 0.5) is 17.6 Å². The van der Waals surface area contributed by atoms with Gasteiger partial charge in [0.25, 0.3) is 5.85 Å². The van der Waals surface area contributed by atoms with E-state index in [0.29, 0.717) is 7.18 Å². The van der Waals surface area contributed by atoms with Gasteiger partial charge in [-0.3, -0.25) is 4.39 Å². The molecule has 0 saturated carbocycles. The van der Waals surface area contributed by atoms with Crippen molar-refractivity contribution in [1.82, 2.24) is 0 Å². The normalized spacial score (nSPS) is 32.8. The second-order valence-corrected chi connectivity index (χ2v) is 3.58. The lowest BCUT2D eigenvalue weighted by molar-refractivity contribution is -0.424. The van der Waals surface area contributed by atoms with Gasteiger partial charge in [0.15, 0.2) is 5.79 Å². The Balaban J connectivity index is 0.000000921. The first-order valence-electron chi connectivity index (χ1n) is 4.51. The van der Waals surface area contributed by atoms with Crippen LogP contribution in [0.15, 0.2) is 0 Å². The Bertz CT molecular complexity index is 208. The molecular weight excluding hydrogens is 216 g/mol. The number of alkyl halides is 4. The number of hydrogen-bond donors (Lipinski definition) is 0. The van der Waals surface area contributed by atoms with E-state index in [4.69, 9.17) is 0 Å². The summed E-state index contributed by atoms with van der Waals surface area (Å²) >= 11 is 0. The van der Waals surface area contributed by atoms with E-state index in [-0.39, 0.29) is 0 Å². The van der Waals surface area contributed by atoms with Crippen molar-refractivity contribution in [3.63, 3.8) is 0 Å². The van der Waals surface area contributed by atoms with Crippen LogP contribution in [0.5, 0.6) is 0 Å². The van der Waals surface area contributed by atoms with Crippen LogP contribution in [0.2, 0.25) is 0 Å². The predicted molar refractivity (Wildman–Crippen MR) is 47.2 cm³/mol. The predicted octanol–water partition coefficient (Wildman–Crippen LogP) is 3.07. The van der Waals surface area contributed by atoms with E-state index >= 15 is 0 Å². The van der Waals surface area contributed by atoms with E-state index in [1.54, 1.807) is 0 Å². The number of halogens is 4. The molecule has 2 nitrogen and oxygen atoms in total. The van der Waals surface area contributed by atoms with Crippen LogP contribution in [0, 0.1) is 0 Å². The SMILES string of the molecule is CCC1(F)OC(C)(C)OCC1(F)F.CF. The Labute approximate surface area is 86.5 Å². The maximum absolute atomic E-state index is 13.5. The zero-order valence-corrected chi connectivity index (χ0v) is 9.24. The Morgan fingerprint density at radius 2 is 1.60 bits per heavy atom. The molecule has 0 spiro atoms. The van der Waals surface area contributed by atoms with Crippen molar-refractivity contribution >= 4 is 0 Å². The topological polar surface area (TPSA) is 18.5 Å². The van der Waals surface area contributed by atoms with Crippen molar-refractivity contribution in [3.8, 4) is 0 Å². The van der Waals surface area contributed by atoms with Crippen molar-refractivity contribution in [1.29, 1.82) is 0 Å². The van der Waals surface area contributed by atoms with Gasteiger partial charge in [0.05, 0.1) is 7.18 Å². The molecule has 6 heteroatoms. The molecule has 1 aliphatic rings. The van der Waals surface area contributed by atoms with E-state index in [0.717, 1.165) is 0 Å². The van der Waals surface area contributed by atoms with Gasteiger partial charge in [-0.05, 0) is 13.8 Å². The van der Waals surface area contributed by atoms with Crippen molar-refractivity contribution in [2.45, 2.75) is 44.8 Å². The summed E-state index contributed by atoms with van der Waals surface area (Å²) in [4.78, 5) is 0. The summed E-state index contributed by atoms with van der Waals surface area (Å²) in [6, 6.07) is 0. The highest BCUT2D eigenvalue weighted by Gasteiger charge is 2.61. The van der Waals surface area contributed by atoms with Gasteiger partial charge in [-0.2, -0.15) is 8.78 Å². The summed E-state index contributed by atoms with van der Waals surface area (Å²) in [6.45, 7) is 3.19. The van der Waals surface area contributed by atoms with Gasteiger partial charge in [-0.25, -0.2) is 4.39 Å².